The number of para-hydroxylation sites is 1. The number of nitrogens with one attached hydrogen (secondary N) is 1. The van der Waals surface area contributed by atoms with E-state index >= 15 is 0 Å². The van der Waals surface area contributed by atoms with Crippen LogP contribution >= 0.6 is 11.3 Å². The first-order chi connectivity index (χ1) is 12.2. The zero-order chi connectivity index (χ0) is 17.5. The Morgan fingerprint density at radius 1 is 1.20 bits per heavy atom. The van der Waals surface area contributed by atoms with Gasteiger partial charge in [0.25, 0.3) is 5.91 Å². The van der Waals surface area contributed by atoms with E-state index in [-0.39, 0.29) is 5.91 Å². The highest BCUT2D eigenvalue weighted by atomic mass is 32.1. The summed E-state index contributed by atoms with van der Waals surface area (Å²) in [5.41, 5.74) is 3.04. The molecule has 2 aromatic rings. The van der Waals surface area contributed by atoms with E-state index in [1.165, 1.54) is 17.6 Å². The molecule has 0 saturated carbocycles. The summed E-state index contributed by atoms with van der Waals surface area (Å²) in [5, 5.41) is 5.75. The van der Waals surface area contributed by atoms with Crippen molar-refractivity contribution in [1.82, 2.24) is 10.3 Å². The average Bonchev–Trinajstić information content (AvgIpc) is 3.18. The molecule has 0 unspecified atom stereocenters. The Kier molecular flexibility index (Phi) is 5.76. The minimum atomic E-state index is -0.424. The molecular formula is C17H17N3O4S. The van der Waals surface area contributed by atoms with Gasteiger partial charge in [-0.3, -0.25) is 4.79 Å². The van der Waals surface area contributed by atoms with Gasteiger partial charge < -0.3 is 14.4 Å². The van der Waals surface area contributed by atoms with Crippen molar-refractivity contribution in [2.24, 2.45) is 5.10 Å². The van der Waals surface area contributed by atoms with Crippen LogP contribution in [-0.4, -0.2) is 49.4 Å². The molecule has 1 aromatic carbocycles. The van der Waals surface area contributed by atoms with Gasteiger partial charge in [0.05, 0.1) is 24.3 Å². The number of nitrogens with zero attached hydrogens (tertiary/aromatic N) is 2. The molecule has 3 rings (SSSR count). The molecule has 1 fully saturated rings. The Morgan fingerprint density at radius 3 is 2.76 bits per heavy atom. The molecule has 2 heterocycles. The van der Waals surface area contributed by atoms with Crippen molar-refractivity contribution in [2.75, 3.05) is 26.3 Å². The van der Waals surface area contributed by atoms with Crippen molar-refractivity contribution >= 4 is 29.6 Å². The molecule has 8 heteroatoms. The fourth-order valence-corrected chi connectivity index (χ4v) is 2.82. The molecule has 1 saturated heterocycles. The number of thiophene rings is 1. The van der Waals surface area contributed by atoms with Crippen molar-refractivity contribution < 1.29 is 19.1 Å². The number of hydrogen-bond acceptors (Lipinski definition) is 6. The van der Waals surface area contributed by atoms with Crippen LogP contribution in [0, 0.1) is 0 Å². The number of hydrazone groups is 1. The SMILES string of the molecule is O=C(N/N=C/c1ccccc1OC(=O)N1CCOCC1)c1cccs1. The Bertz CT molecular complexity index is 755. The molecule has 1 aliphatic heterocycles. The van der Waals surface area contributed by atoms with E-state index < -0.39 is 6.09 Å². The normalized spacial score (nSPS) is 14.5. The Balaban J connectivity index is 1.63. The van der Waals surface area contributed by atoms with Gasteiger partial charge in [-0.15, -0.1) is 11.3 Å². The van der Waals surface area contributed by atoms with Crippen LogP contribution in [0.25, 0.3) is 0 Å². The number of hydrogen-bond donors (Lipinski definition) is 1. The summed E-state index contributed by atoms with van der Waals surface area (Å²) in [6.45, 7) is 2.03. The smallest absolute Gasteiger partial charge is 0.410 e. The maximum absolute atomic E-state index is 12.2. The van der Waals surface area contributed by atoms with Crippen molar-refractivity contribution in [2.45, 2.75) is 0 Å². The third-order valence-corrected chi connectivity index (χ3v) is 4.37. The van der Waals surface area contributed by atoms with Gasteiger partial charge in [-0.05, 0) is 23.6 Å². The molecule has 25 heavy (non-hydrogen) atoms. The molecule has 0 atom stereocenters. The summed E-state index contributed by atoms with van der Waals surface area (Å²) in [7, 11) is 0. The van der Waals surface area contributed by atoms with Gasteiger partial charge in [0.15, 0.2) is 0 Å². The van der Waals surface area contributed by atoms with E-state index in [4.69, 9.17) is 9.47 Å². The predicted molar refractivity (Wildman–Crippen MR) is 94.2 cm³/mol. The lowest BCUT2D eigenvalue weighted by molar-refractivity contribution is 0.0416. The van der Waals surface area contributed by atoms with Crippen molar-refractivity contribution in [1.29, 1.82) is 0 Å². The maximum Gasteiger partial charge on any atom is 0.415 e. The second kappa shape index (κ2) is 8.41. The summed E-state index contributed by atoms with van der Waals surface area (Å²) >= 11 is 1.33. The monoisotopic (exact) mass is 359 g/mol. The minimum absolute atomic E-state index is 0.283. The molecule has 1 aromatic heterocycles. The molecule has 0 spiro atoms. The highest BCUT2D eigenvalue weighted by Crippen LogP contribution is 2.17. The Labute approximate surface area is 148 Å². The van der Waals surface area contributed by atoms with Crippen LogP contribution in [0.2, 0.25) is 0 Å². The molecule has 2 amide bonds. The topological polar surface area (TPSA) is 80.2 Å². The lowest BCUT2D eigenvalue weighted by atomic mass is 10.2. The summed E-state index contributed by atoms with van der Waals surface area (Å²) in [4.78, 5) is 26.2. The zero-order valence-corrected chi connectivity index (χ0v) is 14.2. The second-order valence-corrected chi connectivity index (χ2v) is 6.13. The molecular weight excluding hydrogens is 342 g/mol. The predicted octanol–water partition coefficient (Wildman–Crippen LogP) is 2.34. The number of amides is 2. The number of morpholine rings is 1. The zero-order valence-electron chi connectivity index (χ0n) is 13.4. The van der Waals surface area contributed by atoms with Gasteiger partial charge in [-0.25, -0.2) is 10.2 Å². The first kappa shape index (κ1) is 17.1. The second-order valence-electron chi connectivity index (χ2n) is 5.18. The first-order valence-electron chi connectivity index (χ1n) is 7.74. The molecule has 130 valence electrons. The molecule has 7 nitrogen and oxygen atoms in total. The molecule has 1 N–H and O–H groups in total. The third-order valence-electron chi connectivity index (χ3n) is 3.50. The third kappa shape index (κ3) is 4.65. The van der Waals surface area contributed by atoms with E-state index in [0.29, 0.717) is 42.5 Å². The summed E-state index contributed by atoms with van der Waals surface area (Å²) in [6.07, 6.45) is 1.03. The number of ether oxygens (including phenoxy) is 2. The van der Waals surface area contributed by atoms with Crippen LogP contribution in [0.1, 0.15) is 15.2 Å². The summed E-state index contributed by atoms with van der Waals surface area (Å²) < 4.78 is 10.7. The maximum atomic E-state index is 12.2. The minimum Gasteiger partial charge on any atom is -0.410 e. The van der Waals surface area contributed by atoms with E-state index in [2.05, 4.69) is 10.5 Å². The van der Waals surface area contributed by atoms with Gasteiger partial charge in [-0.2, -0.15) is 5.10 Å². The van der Waals surface area contributed by atoms with E-state index in [1.54, 1.807) is 41.3 Å². The highest BCUT2D eigenvalue weighted by Gasteiger charge is 2.19. The fourth-order valence-electron chi connectivity index (χ4n) is 2.21. The largest absolute Gasteiger partial charge is 0.415 e. The van der Waals surface area contributed by atoms with Crippen LogP contribution in [0.4, 0.5) is 4.79 Å². The van der Waals surface area contributed by atoms with E-state index in [1.807, 2.05) is 5.38 Å². The van der Waals surface area contributed by atoms with Crippen molar-refractivity contribution in [3.8, 4) is 5.75 Å². The standard InChI is InChI=1S/C17H17N3O4S/c21-16(15-6-3-11-25-15)19-18-12-13-4-1-2-5-14(13)24-17(22)20-7-9-23-10-8-20/h1-6,11-12H,7-10H2,(H,19,21)/b18-12+. The van der Waals surface area contributed by atoms with Crippen molar-refractivity contribution in [3.05, 3.63) is 52.2 Å². The van der Waals surface area contributed by atoms with Gasteiger partial charge >= 0.3 is 6.09 Å². The van der Waals surface area contributed by atoms with Crippen LogP contribution in [0.5, 0.6) is 5.75 Å². The molecule has 0 bridgehead atoms. The Morgan fingerprint density at radius 2 is 2.00 bits per heavy atom. The van der Waals surface area contributed by atoms with Crippen molar-refractivity contribution in [3.63, 3.8) is 0 Å². The fraction of sp³-hybridized carbons (Fsp3) is 0.235. The van der Waals surface area contributed by atoms with Gasteiger partial charge in [0, 0.05) is 18.7 Å². The number of benzene rings is 1. The summed E-state index contributed by atoms with van der Waals surface area (Å²) in [5.74, 6) is 0.0992. The van der Waals surface area contributed by atoms with E-state index in [9.17, 15) is 9.59 Å². The first-order valence-corrected chi connectivity index (χ1v) is 8.62. The van der Waals surface area contributed by atoms with Crippen LogP contribution in [0.3, 0.4) is 0 Å². The van der Waals surface area contributed by atoms with Gasteiger partial charge in [0.1, 0.15) is 5.75 Å². The van der Waals surface area contributed by atoms with Gasteiger partial charge in [-0.1, -0.05) is 18.2 Å². The van der Waals surface area contributed by atoms with Crippen LogP contribution in [0.15, 0.2) is 46.9 Å². The quantitative estimate of drug-likeness (QED) is 0.671. The van der Waals surface area contributed by atoms with Crippen LogP contribution in [-0.2, 0) is 4.74 Å². The number of carbonyl (C=O) groups excluding carboxylic acids is 2. The molecule has 0 aliphatic carbocycles. The molecule has 0 radical (unpaired) electrons. The summed E-state index contributed by atoms with van der Waals surface area (Å²) in [6, 6.07) is 10.5. The lowest BCUT2D eigenvalue weighted by Crippen LogP contribution is -2.42. The number of rotatable bonds is 4. The van der Waals surface area contributed by atoms with Gasteiger partial charge in [0.2, 0.25) is 0 Å². The van der Waals surface area contributed by atoms with Crippen LogP contribution < -0.4 is 10.2 Å². The number of carbonyl (C=O) groups is 2. The highest BCUT2D eigenvalue weighted by molar-refractivity contribution is 7.12. The van der Waals surface area contributed by atoms with E-state index in [0.717, 1.165) is 0 Å². The lowest BCUT2D eigenvalue weighted by Gasteiger charge is -2.26. The Hall–Kier alpha value is -2.71. The average molecular weight is 359 g/mol. The molecule has 1 aliphatic rings.